The molecule has 1 fully saturated rings. The highest BCUT2D eigenvalue weighted by Gasteiger charge is 2.19. The number of rotatable bonds is 8. The summed E-state index contributed by atoms with van der Waals surface area (Å²) >= 11 is 2.05. The molecular formula is C16H32N2O2S. The zero-order valence-corrected chi connectivity index (χ0v) is 14.9. The van der Waals surface area contributed by atoms with Gasteiger partial charge in [-0.1, -0.05) is 19.8 Å². The number of unbranched alkanes of at least 4 members (excludes halogenated alkanes) is 1. The molecule has 0 aliphatic carbocycles. The minimum Gasteiger partial charge on any atom is -0.444 e. The van der Waals surface area contributed by atoms with Crippen molar-refractivity contribution >= 4 is 17.9 Å². The molecule has 0 bridgehead atoms. The van der Waals surface area contributed by atoms with E-state index in [1.165, 1.54) is 30.8 Å². The number of hydrogen-bond donors (Lipinski definition) is 2. The standard InChI is InChI=1S/C16H32N2O2S/c1-5-6-7-14(17-10-13-8-9-21-12-13)11-18-15(19)20-16(2,3)4/h13-14,17H,5-12H2,1-4H3,(H,18,19). The summed E-state index contributed by atoms with van der Waals surface area (Å²) in [4.78, 5) is 11.7. The largest absolute Gasteiger partial charge is 0.444 e. The minimum absolute atomic E-state index is 0.317. The number of alkyl carbamates (subject to hydrolysis) is 1. The Morgan fingerprint density at radius 1 is 1.43 bits per heavy atom. The predicted octanol–water partition coefficient (Wildman–Crippen LogP) is 3.41. The minimum atomic E-state index is -0.433. The topological polar surface area (TPSA) is 50.4 Å². The van der Waals surface area contributed by atoms with Crippen molar-refractivity contribution in [2.75, 3.05) is 24.6 Å². The van der Waals surface area contributed by atoms with Crippen LogP contribution in [0.2, 0.25) is 0 Å². The van der Waals surface area contributed by atoms with Crippen LogP contribution in [0.4, 0.5) is 4.79 Å². The Hall–Kier alpha value is -0.420. The van der Waals surface area contributed by atoms with Gasteiger partial charge in [0, 0.05) is 12.6 Å². The maximum Gasteiger partial charge on any atom is 0.407 e. The molecule has 2 N–H and O–H groups in total. The lowest BCUT2D eigenvalue weighted by molar-refractivity contribution is 0.0521. The van der Waals surface area contributed by atoms with Gasteiger partial charge in [-0.3, -0.25) is 0 Å². The number of carbonyl (C=O) groups excluding carboxylic acids is 1. The van der Waals surface area contributed by atoms with Crippen molar-refractivity contribution < 1.29 is 9.53 Å². The second-order valence-electron chi connectivity index (χ2n) is 6.86. The lowest BCUT2D eigenvalue weighted by atomic mass is 10.1. The van der Waals surface area contributed by atoms with E-state index < -0.39 is 5.60 Å². The molecule has 1 aliphatic heterocycles. The van der Waals surface area contributed by atoms with E-state index in [2.05, 4.69) is 17.6 Å². The number of thioether (sulfide) groups is 1. The summed E-state index contributed by atoms with van der Waals surface area (Å²) in [5.74, 6) is 3.36. The average Bonchev–Trinajstić information content (AvgIpc) is 2.89. The first kappa shape index (κ1) is 18.6. The van der Waals surface area contributed by atoms with Crippen LogP contribution in [-0.2, 0) is 4.74 Å². The van der Waals surface area contributed by atoms with Crippen LogP contribution >= 0.6 is 11.8 Å². The normalized spacial score (nSPS) is 20.3. The Morgan fingerprint density at radius 2 is 2.19 bits per heavy atom. The van der Waals surface area contributed by atoms with E-state index in [-0.39, 0.29) is 6.09 Å². The van der Waals surface area contributed by atoms with Crippen molar-refractivity contribution in [2.45, 2.75) is 65.0 Å². The molecule has 1 heterocycles. The number of hydrogen-bond acceptors (Lipinski definition) is 4. The molecule has 1 amide bonds. The number of nitrogens with one attached hydrogen (secondary N) is 2. The Kier molecular flexibility index (Phi) is 8.49. The smallest absolute Gasteiger partial charge is 0.407 e. The number of ether oxygens (including phenoxy) is 1. The van der Waals surface area contributed by atoms with Crippen LogP contribution in [0, 0.1) is 5.92 Å². The molecule has 21 heavy (non-hydrogen) atoms. The van der Waals surface area contributed by atoms with Crippen molar-refractivity contribution in [2.24, 2.45) is 5.92 Å². The molecule has 0 spiro atoms. The first-order valence-corrected chi connectivity index (χ1v) is 9.34. The molecule has 2 atom stereocenters. The maximum absolute atomic E-state index is 11.7. The summed E-state index contributed by atoms with van der Waals surface area (Å²) < 4.78 is 5.29. The summed E-state index contributed by atoms with van der Waals surface area (Å²) in [5.41, 5.74) is -0.433. The Labute approximate surface area is 134 Å². The van der Waals surface area contributed by atoms with Gasteiger partial charge in [-0.2, -0.15) is 11.8 Å². The zero-order chi connectivity index (χ0) is 15.7. The van der Waals surface area contributed by atoms with Crippen LogP contribution in [0.1, 0.15) is 53.4 Å². The number of carbonyl (C=O) groups is 1. The van der Waals surface area contributed by atoms with E-state index in [1.54, 1.807) is 0 Å². The van der Waals surface area contributed by atoms with E-state index in [9.17, 15) is 4.79 Å². The van der Waals surface area contributed by atoms with Gasteiger partial charge in [0.25, 0.3) is 0 Å². The van der Waals surface area contributed by atoms with Gasteiger partial charge in [0.2, 0.25) is 0 Å². The molecule has 4 nitrogen and oxygen atoms in total. The number of amides is 1. The van der Waals surface area contributed by atoms with Crippen LogP contribution in [0.3, 0.4) is 0 Å². The van der Waals surface area contributed by atoms with Gasteiger partial charge in [-0.25, -0.2) is 4.79 Å². The SMILES string of the molecule is CCCCC(CNC(=O)OC(C)(C)C)NCC1CCSC1. The van der Waals surface area contributed by atoms with E-state index in [0.29, 0.717) is 12.6 Å². The second-order valence-corrected chi connectivity index (χ2v) is 8.01. The predicted molar refractivity (Wildman–Crippen MR) is 91.0 cm³/mol. The van der Waals surface area contributed by atoms with Crippen LogP contribution in [0.25, 0.3) is 0 Å². The van der Waals surface area contributed by atoms with Gasteiger partial charge in [-0.15, -0.1) is 0 Å². The fourth-order valence-electron chi connectivity index (χ4n) is 2.33. The fraction of sp³-hybridized carbons (Fsp3) is 0.938. The average molecular weight is 317 g/mol. The molecule has 0 aromatic carbocycles. The molecule has 1 aliphatic rings. The molecule has 1 rings (SSSR count). The first-order valence-electron chi connectivity index (χ1n) is 8.18. The van der Waals surface area contributed by atoms with Crippen LogP contribution in [0.5, 0.6) is 0 Å². The zero-order valence-electron chi connectivity index (χ0n) is 14.0. The highest BCUT2D eigenvalue weighted by molar-refractivity contribution is 7.99. The van der Waals surface area contributed by atoms with Crippen molar-refractivity contribution in [3.05, 3.63) is 0 Å². The molecule has 124 valence electrons. The Balaban J connectivity index is 2.29. The summed E-state index contributed by atoms with van der Waals surface area (Å²) in [7, 11) is 0. The van der Waals surface area contributed by atoms with Gasteiger partial charge in [0.15, 0.2) is 0 Å². The second kappa shape index (κ2) is 9.57. The van der Waals surface area contributed by atoms with Crippen molar-refractivity contribution in [3.63, 3.8) is 0 Å². The van der Waals surface area contributed by atoms with E-state index in [4.69, 9.17) is 4.74 Å². The molecule has 0 saturated carbocycles. The molecule has 5 heteroatoms. The fourth-order valence-corrected chi connectivity index (χ4v) is 3.61. The summed E-state index contributed by atoms with van der Waals surface area (Å²) in [5, 5.41) is 6.53. The summed E-state index contributed by atoms with van der Waals surface area (Å²) in [6.45, 7) is 9.57. The van der Waals surface area contributed by atoms with Crippen molar-refractivity contribution in [1.29, 1.82) is 0 Å². The van der Waals surface area contributed by atoms with E-state index >= 15 is 0 Å². The maximum atomic E-state index is 11.7. The van der Waals surface area contributed by atoms with Crippen molar-refractivity contribution in [3.8, 4) is 0 Å². The molecule has 0 radical (unpaired) electrons. The summed E-state index contributed by atoms with van der Waals surface area (Å²) in [6, 6.07) is 0.350. The van der Waals surface area contributed by atoms with Gasteiger partial charge in [0.1, 0.15) is 5.60 Å². The van der Waals surface area contributed by atoms with Crippen LogP contribution in [0.15, 0.2) is 0 Å². The van der Waals surface area contributed by atoms with Gasteiger partial charge < -0.3 is 15.4 Å². The van der Waals surface area contributed by atoms with Gasteiger partial charge >= 0.3 is 6.09 Å². The lowest BCUT2D eigenvalue weighted by Crippen LogP contribution is -2.44. The molecule has 1 saturated heterocycles. The molecule has 2 unspecified atom stereocenters. The lowest BCUT2D eigenvalue weighted by Gasteiger charge is -2.23. The van der Waals surface area contributed by atoms with Crippen molar-refractivity contribution in [1.82, 2.24) is 10.6 Å². The van der Waals surface area contributed by atoms with Crippen LogP contribution in [-0.4, -0.2) is 42.3 Å². The first-order chi connectivity index (χ1) is 9.90. The van der Waals surface area contributed by atoms with E-state index in [1.807, 2.05) is 32.5 Å². The quantitative estimate of drug-likeness (QED) is 0.720. The third kappa shape index (κ3) is 9.25. The Bertz CT molecular complexity index is 299. The van der Waals surface area contributed by atoms with Gasteiger partial charge in [-0.05, 0) is 57.6 Å². The van der Waals surface area contributed by atoms with Crippen LogP contribution < -0.4 is 10.6 Å². The third-order valence-corrected chi connectivity index (χ3v) is 4.75. The molecule has 0 aromatic rings. The van der Waals surface area contributed by atoms with E-state index in [0.717, 1.165) is 18.9 Å². The highest BCUT2D eigenvalue weighted by atomic mass is 32.2. The van der Waals surface area contributed by atoms with Gasteiger partial charge in [0.05, 0.1) is 0 Å². The molecule has 0 aromatic heterocycles. The third-order valence-electron chi connectivity index (χ3n) is 3.52. The highest BCUT2D eigenvalue weighted by Crippen LogP contribution is 2.22. The summed E-state index contributed by atoms with van der Waals surface area (Å²) in [6.07, 6.45) is 4.48. The molecular weight excluding hydrogens is 284 g/mol. The Morgan fingerprint density at radius 3 is 2.76 bits per heavy atom. The monoisotopic (exact) mass is 316 g/mol.